The van der Waals surface area contributed by atoms with Gasteiger partial charge in [0.05, 0.1) is 0 Å². The topological polar surface area (TPSA) is 15.6 Å². The first-order valence-corrected chi connectivity index (χ1v) is 24.8. The Bertz CT molecular complexity index is 2560. The van der Waals surface area contributed by atoms with Gasteiger partial charge in [0.15, 0.2) is 0 Å². The molecule has 0 radical (unpaired) electrons. The molecule has 54 heavy (non-hydrogen) atoms. The van der Waals surface area contributed by atoms with Crippen molar-refractivity contribution in [1.82, 2.24) is 0 Å². The summed E-state index contributed by atoms with van der Waals surface area (Å²) >= 11 is 1.38. The molecule has 0 saturated heterocycles. The van der Waals surface area contributed by atoms with Gasteiger partial charge in [-0.3, -0.25) is 0 Å². The van der Waals surface area contributed by atoms with Gasteiger partial charge in [-0.1, -0.05) is 36.0 Å². The second-order valence-corrected chi connectivity index (χ2v) is 23.3. The number of hydrogen-bond donors (Lipinski definition) is 0. The van der Waals surface area contributed by atoms with Crippen LogP contribution in [0.1, 0.15) is 11.1 Å². The van der Waals surface area contributed by atoms with Gasteiger partial charge in [0, 0.05) is 9.79 Å². The predicted octanol–water partition coefficient (Wildman–Crippen LogP) is 14.1. The van der Waals surface area contributed by atoms with Gasteiger partial charge >= 0.3 is 274 Å². The SMILES string of the molecule is c1ccc2c(c1)Sc1ccccc1N2c1ccc(C2=Ic3cc4ccccc4cc3N=C2c2ccc(I3c4ccccc4Sc4ccccc43)cc2)cc1. The van der Waals surface area contributed by atoms with E-state index in [4.69, 9.17) is 4.99 Å². The molecule has 0 fully saturated rings. The minimum atomic E-state index is -1.87. The van der Waals surface area contributed by atoms with Gasteiger partial charge < -0.3 is 0 Å². The third kappa shape index (κ3) is 5.68. The normalized spacial score (nSPS) is 14.7. The molecule has 8 aromatic rings. The number of fused-ring (bicyclic) bond motifs is 6. The summed E-state index contributed by atoms with van der Waals surface area (Å²) in [6.45, 7) is 0. The summed E-state index contributed by atoms with van der Waals surface area (Å²) in [5.41, 5.74) is 8.28. The maximum atomic E-state index is 5.51. The fourth-order valence-electron chi connectivity index (χ4n) is 7.36. The van der Waals surface area contributed by atoms with Crippen molar-refractivity contribution in [3.63, 3.8) is 0 Å². The van der Waals surface area contributed by atoms with Crippen LogP contribution < -0.4 is 4.90 Å². The van der Waals surface area contributed by atoms with Crippen molar-refractivity contribution in [2.45, 2.75) is 19.6 Å². The summed E-state index contributed by atoms with van der Waals surface area (Å²) in [6.07, 6.45) is 0. The number of halogens is 2. The molecule has 0 saturated carbocycles. The molecule has 0 N–H and O–H groups in total. The number of hydrogen-bond acceptors (Lipinski definition) is 4. The van der Waals surface area contributed by atoms with Crippen LogP contribution in [-0.2, 0) is 0 Å². The van der Waals surface area contributed by atoms with Gasteiger partial charge in [-0.05, 0) is 24.3 Å². The van der Waals surface area contributed by atoms with Crippen molar-refractivity contribution >= 4 is 107 Å². The monoisotopic (exact) mass is 952 g/mol. The van der Waals surface area contributed by atoms with E-state index in [-0.39, 0.29) is 0 Å². The predicted molar refractivity (Wildman–Crippen MR) is 246 cm³/mol. The molecule has 0 aromatic heterocycles. The molecular formula is C48H30I2N2S2. The molecule has 8 aromatic carbocycles. The van der Waals surface area contributed by atoms with Crippen LogP contribution in [0.5, 0.6) is 0 Å². The molecule has 6 heteroatoms. The average molecular weight is 953 g/mol. The molecule has 0 unspecified atom stereocenters. The van der Waals surface area contributed by atoms with Gasteiger partial charge in [-0.2, -0.15) is 0 Å². The number of para-hydroxylation sites is 2. The van der Waals surface area contributed by atoms with Crippen LogP contribution in [0.3, 0.4) is 0 Å². The Morgan fingerprint density at radius 2 is 1.00 bits per heavy atom. The molecule has 0 bridgehead atoms. The fraction of sp³-hybridized carbons (Fsp3) is 0. The Balaban J connectivity index is 1.01. The molecule has 258 valence electrons. The van der Waals surface area contributed by atoms with E-state index in [0.29, 0.717) is 0 Å². The average Bonchev–Trinajstić information content (AvgIpc) is 3.23. The van der Waals surface area contributed by atoms with E-state index in [2.05, 4.69) is 187 Å². The van der Waals surface area contributed by atoms with E-state index >= 15 is 0 Å². The van der Waals surface area contributed by atoms with Crippen molar-refractivity contribution in [3.05, 3.63) is 207 Å². The Morgan fingerprint density at radius 1 is 0.481 bits per heavy atom. The maximum absolute atomic E-state index is 5.51. The molecule has 0 atom stereocenters. The molecule has 0 aliphatic carbocycles. The third-order valence-corrected chi connectivity index (χ3v) is 22.2. The summed E-state index contributed by atoms with van der Waals surface area (Å²) in [6, 6.07) is 67.7. The Hall–Kier alpha value is -4.48. The van der Waals surface area contributed by atoms with E-state index < -0.39 is 40.6 Å². The second kappa shape index (κ2) is 13.7. The van der Waals surface area contributed by atoms with Crippen molar-refractivity contribution in [2.75, 3.05) is 4.90 Å². The van der Waals surface area contributed by atoms with Crippen molar-refractivity contribution in [3.8, 4) is 0 Å². The molecule has 2 nitrogen and oxygen atoms in total. The Kier molecular flexibility index (Phi) is 8.33. The van der Waals surface area contributed by atoms with Crippen LogP contribution in [0.4, 0.5) is 22.7 Å². The van der Waals surface area contributed by atoms with Gasteiger partial charge in [0.25, 0.3) is 0 Å². The van der Waals surface area contributed by atoms with E-state index in [1.807, 2.05) is 23.5 Å². The van der Waals surface area contributed by atoms with Gasteiger partial charge in [0.1, 0.15) is 0 Å². The second-order valence-electron chi connectivity index (χ2n) is 13.2. The summed E-state index contributed by atoms with van der Waals surface area (Å²) in [4.78, 5) is 13.3. The number of aliphatic imine (C=N–C) groups is 1. The first-order valence-electron chi connectivity index (χ1n) is 17.8. The summed E-state index contributed by atoms with van der Waals surface area (Å²) < 4.78 is 7.28. The molecule has 3 aliphatic heterocycles. The van der Waals surface area contributed by atoms with E-state index in [1.54, 1.807) is 0 Å². The van der Waals surface area contributed by atoms with Gasteiger partial charge in [-0.25, -0.2) is 0 Å². The van der Waals surface area contributed by atoms with Crippen LogP contribution in [0.2, 0.25) is 0 Å². The molecule has 11 rings (SSSR count). The van der Waals surface area contributed by atoms with Crippen molar-refractivity contribution in [2.24, 2.45) is 4.99 Å². The molecule has 0 spiro atoms. The quantitative estimate of drug-likeness (QED) is 0.164. The van der Waals surface area contributed by atoms with Gasteiger partial charge in [-0.15, -0.1) is 0 Å². The summed E-state index contributed by atoms with van der Waals surface area (Å²) in [5.74, 6) is 0. The van der Waals surface area contributed by atoms with Crippen molar-refractivity contribution in [1.29, 1.82) is 0 Å². The van der Waals surface area contributed by atoms with E-state index in [1.165, 1.54) is 76.3 Å². The van der Waals surface area contributed by atoms with Crippen LogP contribution in [-0.4, -0.2) is 9.22 Å². The molecule has 0 amide bonds. The molecule has 3 heterocycles. The van der Waals surface area contributed by atoms with Crippen LogP contribution in [0.15, 0.2) is 207 Å². The van der Waals surface area contributed by atoms with Crippen LogP contribution in [0.25, 0.3) is 10.8 Å². The summed E-state index contributed by atoms with van der Waals surface area (Å²) in [5, 5.41) is 2.52. The standard InChI is InChI=1S/C48H30I2N2S2/c1-2-12-34-30-40-37(29-33(34)11-1)49-47(31-23-27-36(28-24-31)52-41-15-5-9-19-45(41)54-46-20-10-6-16-42(46)52)48(51-40)32-21-25-35(26-22-32)50-38-13-3-7-17-43(38)53-44-18-8-4-14-39(44)50/h1-30H. The van der Waals surface area contributed by atoms with E-state index in [0.717, 1.165) is 11.4 Å². The fourth-order valence-corrected chi connectivity index (χ4v) is 19.6. The van der Waals surface area contributed by atoms with Gasteiger partial charge in [0.2, 0.25) is 0 Å². The Labute approximate surface area is 340 Å². The van der Waals surface area contributed by atoms with Crippen molar-refractivity contribution < 1.29 is 0 Å². The molecule has 3 aliphatic rings. The first-order chi connectivity index (χ1) is 26.7. The molecular weight excluding hydrogens is 922 g/mol. The zero-order valence-electron chi connectivity index (χ0n) is 28.8. The van der Waals surface area contributed by atoms with Crippen LogP contribution in [0, 0.1) is 14.3 Å². The number of anilines is 3. The zero-order valence-corrected chi connectivity index (χ0v) is 34.7. The number of nitrogens with zero attached hydrogens (tertiary/aromatic N) is 2. The zero-order chi connectivity index (χ0) is 35.6. The first kappa shape index (κ1) is 32.9. The number of rotatable bonds is 4. The van der Waals surface area contributed by atoms with E-state index in [9.17, 15) is 0 Å². The van der Waals surface area contributed by atoms with Crippen LogP contribution >= 0.6 is 64.1 Å². The minimum absolute atomic E-state index is 0.517. The Morgan fingerprint density at radius 3 is 1.65 bits per heavy atom. The third-order valence-electron chi connectivity index (χ3n) is 9.90. The summed E-state index contributed by atoms with van der Waals surface area (Å²) in [7, 11) is 0. The number of benzene rings is 8.